The summed E-state index contributed by atoms with van der Waals surface area (Å²) in [5, 5.41) is 16.4. The molecule has 2 rings (SSSR count). The van der Waals surface area contributed by atoms with Gasteiger partial charge in [-0.2, -0.15) is 11.3 Å². The first-order chi connectivity index (χ1) is 8.75. The van der Waals surface area contributed by atoms with E-state index in [1.165, 1.54) is 11.8 Å². The van der Waals surface area contributed by atoms with Crippen LogP contribution in [0, 0.1) is 0 Å². The van der Waals surface area contributed by atoms with Crippen LogP contribution in [-0.4, -0.2) is 17.6 Å². The molecule has 2 N–H and O–H groups in total. The van der Waals surface area contributed by atoms with Gasteiger partial charge >= 0.3 is 0 Å². The molecule has 0 aromatic carbocycles. The standard InChI is InChI=1S/C13H15NO3S/c15-11(12-2-1-6-17-12)8-14-13(16)4-3-10-5-7-18-9-10/h1-2,5-7,9,11,15H,3-4,8H2,(H,14,16). The molecule has 0 aliphatic rings. The summed E-state index contributed by atoms with van der Waals surface area (Å²) in [5.41, 5.74) is 1.17. The fourth-order valence-electron chi connectivity index (χ4n) is 1.57. The van der Waals surface area contributed by atoms with Crippen molar-refractivity contribution < 1.29 is 14.3 Å². The molecular formula is C13H15NO3S. The second kappa shape index (κ2) is 6.37. The fourth-order valence-corrected chi connectivity index (χ4v) is 2.28. The van der Waals surface area contributed by atoms with E-state index in [4.69, 9.17) is 4.42 Å². The van der Waals surface area contributed by atoms with Gasteiger partial charge < -0.3 is 14.8 Å². The molecule has 0 spiro atoms. The van der Waals surface area contributed by atoms with Gasteiger partial charge in [0.25, 0.3) is 0 Å². The fraction of sp³-hybridized carbons (Fsp3) is 0.308. The van der Waals surface area contributed by atoms with E-state index in [-0.39, 0.29) is 12.5 Å². The van der Waals surface area contributed by atoms with Gasteiger partial charge in [0.2, 0.25) is 5.91 Å². The third-order valence-corrected chi connectivity index (χ3v) is 3.32. The summed E-state index contributed by atoms with van der Waals surface area (Å²) in [7, 11) is 0. The van der Waals surface area contributed by atoms with E-state index in [1.54, 1.807) is 23.5 Å². The maximum absolute atomic E-state index is 11.6. The second-order valence-corrected chi connectivity index (χ2v) is 4.75. The third kappa shape index (κ3) is 3.72. The maximum atomic E-state index is 11.6. The molecule has 0 aliphatic heterocycles. The molecule has 2 aromatic heterocycles. The molecule has 0 saturated heterocycles. The van der Waals surface area contributed by atoms with Gasteiger partial charge in [-0.15, -0.1) is 0 Å². The lowest BCUT2D eigenvalue weighted by molar-refractivity contribution is -0.121. The molecule has 1 unspecified atom stereocenters. The molecule has 1 amide bonds. The van der Waals surface area contributed by atoms with E-state index in [0.717, 1.165) is 6.42 Å². The van der Waals surface area contributed by atoms with Crippen LogP contribution in [0.5, 0.6) is 0 Å². The van der Waals surface area contributed by atoms with E-state index < -0.39 is 6.10 Å². The number of aryl methyl sites for hydroxylation is 1. The Bertz CT molecular complexity index is 464. The van der Waals surface area contributed by atoms with Crippen LogP contribution in [0.3, 0.4) is 0 Å². The summed E-state index contributed by atoms with van der Waals surface area (Å²) in [6.07, 6.45) is 1.87. The largest absolute Gasteiger partial charge is 0.467 e. The highest BCUT2D eigenvalue weighted by Crippen LogP contribution is 2.12. The third-order valence-electron chi connectivity index (χ3n) is 2.59. The zero-order valence-corrected chi connectivity index (χ0v) is 10.7. The van der Waals surface area contributed by atoms with Gasteiger partial charge in [0, 0.05) is 6.42 Å². The molecule has 0 fully saturated rings. The Morgan fingerprint density at radius 3 is 3.06 bits per heavy atom. The molecule has 0 bridgehead atoms. The van der Waals surface area contributed by atoms with Crippen molar-refractivity contribution in [3.63, 3.8) is 0 Å². The zero-order valence-electron chi connectivity index (χ0n) is 9.83. The second-order valence-electron chi connectivity index (χ2n) is 3.97. The van der Waals surface area contributed by atoms with Crippen LogP contribution in [-0.2, 0) is 11.2 Å². The number of carbonyl (C=O) groups is 1. The molecule has 2 aromatic rings. The molecule has 5 heteroatoms. The zero-order chi connectivity index (χ0) is 12.8. The number of hydrogen-bond donors (Lipinski definition) is 2. The van der Waals surface area contributed by atoms with Gasteiger partial charge in [0.1, 0.15) is 11.9 Å². The Morgan fingerprint density at radius 1 is 1.50 bits per heavy atom. The average Bonchev–Trinajstić information content (AvgIpc) is 3.05. The SMILES string of the molecule is O=C(CCc1ccsc1)NCC(O)c1ccco1. The lowest BCUT2D eigenvalue weighted by atomic mass is 10.2. The van der Waals surface area contributed by atoms with Crippen molar-refractivity contribution in [3.05, 3.63) is 46.5 Å². The summed E-state index contributed by atoms with van der Waals surface area (Å²) in [4.78, 5) is 11.6. The highest BCUT2D eigenvalue weighted by atomic mass is 32.1. The monoisotopic (exact) mass is 265 g/mol. The van der Waals surface area contributed by atoms with E-state index in [0.29, 0.717) is 12.2 Å². The van der Waals surface area contributed by atoms with Crippen LogP contribution in [0.1, 0.15) is 23.8 Å². The lowest BCUT2D eigenvalue weighted by Gasteiger charge is -2.09. The maximum Gasteiger partial charge on any atom is 0.220 e. The molecule has 2 heterocycles. The minimum absolute atomic E-state index is 0.0631. The van der Waals surface area contributed by atoms with Crippen LogP contribution in [0.25, 0.3) is 0 Å². The van der Waals surface area contributed by atoms with Crippen molar-refractivity contribution in [1.82, 2.24) is 5.32 Å². The molecule has 18 heavy (non-hydrogen) atoms. The minimum atomic E-state index is -0.787. The van der Waals surface area contributed by atoms with Crippen LogP contribution in [0.15, 0.2) is 39.6 Å². The van der Waals surface area contributed by atoms with E-state index in [9.17, 15) is 9.90 Å². The number of nitrogens with one attached hydrogen (secondary N) is 1. The number of amides is 1. The van der Waals surface area contributed by atoms with Crippen molar-refractivity contribution in [3.8, 4) is 0 Å². The summed E-state index contributed by atoms with van der Waals surface area (Å²) in [6, 6.07) is 5.40. The molecule has 4 nitrogen and oxygen atoms in total. The van der Waals surface area contributed by atoms with Gasteiger partial charge in [-0.25, -0.2) is 0 Å². The summed E-state index contributed by atoms with van der Waals surface area (Å²) in [6.45, 7) is 0.177. The molecule has 1 atom stereocenters. The van der Waals surface area contributed by atoms with E-state index in [1.807, 2.05) is 16.8 Å². The Morgan fingerprint density at radius 2 is 2.39 bits per heavy atom. The Hall–Kier alpha value is -1.59. The number of carbonyl (C=O) groups excluding carboxylic acids is 1. The number of thiophene rings is 1. The number of rotatable bonds is 6. The van der Waals surface area contributed by atoms with Crippen LogP contribution < -0.4 is 5.32 Å². The van der Waals surface area contributed by atoms with Crippen molar-refractivity contribution in [2.75, 3.05) is 6.54 Å². The quantitative estimate of drug-likeness (QED) is 0.841. The highest BCUT2D eigenvalue weighted by Gasteiger charge is 2.11. The number of hydrogen-bond acceptors (Lipinski definition) is 4. The van der Waals surface area contributed by atoms with Crippen LogP contribution in [0.4, 0.5) is 0 Å². The smallest absolute Gasteiger partial charge is 0.220 e. The van der Waals surface area contributed by atoms with Gasteiger partial charge in [-0.05, 0) is 40.9 Å². The number of aliphatic hydroxyl groups is 1. The topological polar surface area (TPSA) is 62.5 Å². The summed E-state index contributed by atoms with van der Waals surface area (Å²) in [5.74, 6) is 0.403. The molecule has 0 aliphatic carbocycles. The first kappa shape index (κ1) is 12.9. The molecule has 0 saturated carbocycles. The van der Waals surface area contributed by atoms with Gasteiger partial charge in [0.15, 0.2) is 0 Å². The molecule has 96 valence electrons. The first-order valence-electron chi connectivity index (χ1n) is 5.75. The van der Waals surface area contributed by atoms with Crippen molar-refractivity contribution >= 4 is 17.2 Å². The van der Waals surface area contributed by atoms with E-state index in [2.05, 4.69) is 5.32 Å². The molecule has 0 radical (unpaired) electrons. The van der Waals surface area contributed by atoms with Crippen molar-refractivity contribution in [1.29, 1.82) is 0 Å². The van der Waals surface area contributed by atoms with Gasteiger partial charge in [0.05, 0.1) is 12.8 Å². The van der Waals surface area contributed by atoms with Crippen LogP contribution in [0.2, 0.25) is 0 Å². The average molecular weight is 265 g/mol. The van der Waals surface area contributed by atoms with Crippen molar-refractivity contribution in [2.45, 2.75) is 18.9 Å². The van der Waals surface area contributed by atoms with Crippen molar-refractivity contribution in [2.24, 2.45) is 0 Å². The summed E-state index contributed by atoms with van der Waals surface area (Å²) >= 11 is 1.62. The Balaban J connectivity index is 1.68. The highest BCUT2D eigenvalue weighted by molar-refractivity contribution is 7.07. The minimum Gasteiger partial charge on any atom is -0.467 e. The van der Waals surface area contributed by atoms with Crippen LogP contribution >= 0.6 is 11.3 Å². The van der Waals surface area contributed by atoms with Gasteiger partial charge in [-0.3, -0.25) is 4.79 Å². The lowest BCUT2D eigenvalue weighted by Crippen LogP contribution is -2.28. The number of aliphatic hydroxyl groups excluding tert-OH is 1. The Kier molecular flexibility index (Phi) is 4.55. The Labute approximate surface area is 109 Å². The predicted octanol–water partition coefficient (Wildman–Crippen LogP) is 2.12. The number of furan rings is 1. The normalized spacial score (nSPS) is 12.3. The first-order valence-corrected chi connectivity index (χ1v) is 6.69. The van der Waals surface area contributed by atoms with Gasteiger partial charge in [-0.1, -0.05) is 0 Å². The van der Waals surface area contributed by atoms with E-state index >= 15 is 0 Å². The summed E-state index contributed by atoms with van der Waals surface area (Å²) < 4.78 is 5.05. The molecular weight excluding hydrogens is 250 g/mol. The predicted molar refractivity (Wildman–Crippen MR) is 69.3 cm³/mol.